The van der Waals surface area contributed by atoms with Gasteiger partial charge in [-0.05, 0) is 54.4 Å². The van der Waals surface area contributed by atoms with Gasteiger partial charge in [0.25, 0.3) is 0 Å². The van der Waals surface area contributed by atoms with Gasteiger partial charge in [-0.2, -0.15) is 0 Å². The number of fused-ring (bicyclic) bond motifs is 1. The van der Waals surface area contributed by atoms with Crippen LogP contribution in [-0.2, 0) is 13.0 Å². The van der Waals surface area contributed by atoms with Crippen LogP contribution in [0.3, 0.4) is 0 Å². The summed E-state index contributed by atoms with van der Waals surface area (Å²) in [7, 11) is 0. The molecule has 3 nitrogen and oxygen atoms in total. The van der Waals surface area contributed by atoms with Gasteiger partial charge in [-0.25, -0.2) is 4.39 Å². The first kappa shape index (κ1) is 16.9. The van der Waals surface area contributed by atoms with E-state index in [1.54, 1.807) is 12.1 Å². The van der Waals surface area contributed by atoms with E-state index in [4.69, 9.17) is 12.2 Å². The van der Waals surface area contributed by atoms with Crippen LogP contribution in [0.2, 0.25) is 0 Å². The summed E-state index contributed by atoms with van der Waals surface area (Å²) in [4.78, 5) is 2.48. The number of benzene rings is 2. The molecule has 0 saturated heterocycles. The predicted octanol–water partition coefficient (Wildman–Crippen LogP) is 3.56. The first-order valence-corrected chi connectivity index (χ1v) is 8.71. The molecule has 0 amide bonds. The Morgan fingerprint density at radius 1 is 1.12 bits per heavy atom. The zero-order valence-electron chi connectivity index (χ0n) is 13.6. The first-order chi connectivity index (χ1) is 11.7. The van der Waals surface area contributed by atoms with Gasteiger partial charge in [0.2, 0.25) is 0 Å². The Kier molecular flexibility index (Phi) is 5.77. The van der Waals surface area contributed by atoms with Crippen molar-refractivity contribution >= 4 is 23.0 Å². The lowest BCUT2D eigenvalue weighted by molar-refractivity contribution is 0.251. The summed E-state index contributed by atoms with van der Waals surface area (Å²) >= 11 is 5.24. The third kappa shape index (κ3) is 4.76. The van der Waals surface area contributed by atoms with Gasteiger partial charge in [-0.1, -0.05) is 30.3 Å². The van der Waals surface area contributed by atoms with Crippen molar-refractivity contribution in [3.63, 3.8) is 0 Å². The number of halogens is 1. The van der Waals surface area contributed by atoms with E-state index in [0.717, 1.165) is 39.0 Å². The van der Waals surface area contributed by atoms with E-state index >= 15 is 0 Å². The molecule has 3 rings (SSSR count). The predicted molar refractivity (Wildman–Crippen MR) is 101 cm³/mol. The highest BCUT2D eigenvalue weighted by Crippen LogP contribution is 2.18. The van der Waals surface area contributed by atoms with E-state index < -0.39 is 0 Å². The van der Waals surface area contributed by atoms with Crippen molar-refractivity contribution in [2.24, 2.45) is 0 Å². The van der Waals surface area contributed by atoms with Crippen LogP contribution < -0.4 is 10.6 Å². The molecular formula is C19H22FN3S. The van der Waals surface area contributed by atoms with Crippen LogP contribution in [-0.4, -0.2) is 29.6 Å². The third-order valence-corrected chi connectivity index (χ3v) is 4.48. The monoisotopic (exact) mass is 343 g/mol. The van der Waals surface area contributed by atoms with E-state index in [1.165, 1.54) is 23.3 Å². The minimum atomic E-state index is -0.270. The summed E-state index contributed by atoms with van der Waals surface area (Å²) < 4.78 is 13.1. The zero-order chi connectivity index (χ0) is 16.8. The van der Waals surface area contributed by atoms with Crippen molar-refractivity contribution in [1.29, 1.82) is 0 Å². The topological polar surface area (TPSA) is 27.3 Å². The number of hydrogen-bond acceptors (Lipinski definition) is 2. The lowest BCUT2D eigenvalue weighted by Gasteiger charge is -2.28. The highest BCUT2D eigenvalue weighted by Gasteiger charge is 2.14. The minimum absolute atomic E-state index is 0.270. The summed E-state index contributed by atoms with van der Waals surface area (Å²) in [6.07, 6.45) is 2.15. The second kappa shape index (κ2) is 8.22. The number of anilines is 1. The maximum Gasteiger partial charge on any atom is 0.170 e. The molecule has 0 aromatic heterocycles. The van der Waals surface area contributed by atoms with Gasteiger partial charge in [0.1, 0.15) is 5.82 Å². The largest absolute Gasteiger partial charge is 0.362 e. The standard InChI is InChI=1S/C19H22FN3S/c20-17-7-3-8-18(13-17)22-19(24)21-10-4-11-23-12-9-15-5-1-2-6-16(15)14-23/h1-3,5-8,13H,4,9-12,14H2,(H2,21,22,24). The fraction of sp³-hybridized carbons (Fsp3) is 0.316. The second-order valence-corrected chi connectivity index (χ2v) is 6.45. The Bertz CT molecular complexity index is 705. The van der Waals surface area contributed by atoms with E-state index in [1.807, 2.05) is 0 Å². The van der Waals surface area contributed by atoms with Gasteiger partial charge in [-0.15, -0.1) is 0 Å². The molecule has 0 aliphatic carbocycles. The molecule has 126 valence electrons. The highest BCUT2D eigenvalue weighted by molar-refractivity contribution is 7.80. The zero-order valence-corrected chi connectivity index (χ0v) is 14.4. The third-order valence-electron chi connectivity index (χ3n) is 4.23. The van der Waals surface area contributed by atoms with Gasteiger partial charge in [0, 0.05) is 31.9 Å². The number of hydrogen-bond donors (Lipinski definition) is 2. The van der Waals surface area contributed by atoms with Crippen LogP contribution in [0.5, 0.6) is 0 Å². The van der Waals surface area contributed by atoms with E-state index in [2.05, 4.69) is 39.8 Å². The number of rotatable bonds is 5. The van der Waals surface area contributed by atoms with E-state index in [9.17, 15) is 4.39 Å². The van der Waals surface area contributed by atoms with Crippen molar-refractivity contribution in [1.82, 2.24) is 10.2 Å². The molecular weight excluding hydrogens is 321 g/mol. The summed E-state index contributed by atoms with van der Waals surface area (Å²) in [6, 6.07) is 15.0. The summed E-state index contributed by atoms with van der Waals surface area (Å²) in [5.74, 6) is -0.270. The molecule has 0 radical (unpaired) electrons. The average Bonchev–Trinajstić information content (AvgIpc) is 2.58. The SMILES string of the molecule is Fc1cccc(NC(=S)NCCCN2CCc3ccccc3C2)c1. The molecule has 2 N–H and O–H groups in total. The fourth-order valence-corrected chi connectivity index (χ4v) is 3.21. The Labute approximate surface area is 147 Å². The average molecular weight is 343 g/mol. The van der Waals surface area contributed by atoms with Gasteiger partial charge in [-0.3, -0.25) is 4.90 Å². The lowest BCUT2D eigenvalue weighted by Crippen LogP contribution is -2.34. The van der Waals surface area contributed by atoms with Crippen molar-refractivity contribution < 1.29 is 4.39 Å². The molecule has 5 heteroatoms. The van der Waals surface area contributed by atoms with Crippen LogP contribution in [0.1, 0.15) is 17.5 Å². The molecule has 1 aliphatic rings. The number of nitrogens with one attached hydrogen (secondary N) is 2. The fourth-order valence-electron chi connectivity index (χ4n) is 2.99. The van der Waals surface area contributed by atoms with Crippen molar-refractivity contribution in [2.75, 3.05) is 25.0 Å². The number of nitrogens with zero attached hydrogens (tertiary/aromatic N) is 1. The molecule has 0 spiro atoms. The van der Waals surface area contributed by atoms with Crippen molar-refractivity contribution in [3.8, 4) is 0 Å². The van der Waals surface area contributed by atoms with Crippen LogP contribution in [0, 0.1) is 5.82 Å². The maximum atomic E-state index is 13.1. The molecule has 0 bridgehead atoms. The highest BCUT2D eigenvalue weighted by atomic mass is 32.1. The van der Waals surface area contributed by atoms with Gasteiger partial charge in [0.05, 0.1) is 0 Å². The number of thiocarbonyl (C=S) groups is 1. The quantitative estimate of drug-likeness (QED) is 0.641. The van der Waals surface area contributed by atoms with Gasteiger partial charge >= 0.3 is 0 Å². The van der Waals surface area contributed by atoms with Crippen molar-refractivity contribution in [3.05, 3.63) is 65.5 Å². The molecule has 2 aromatic carbocycles. The van der Waals surface area contributed by atoms with Gasteiger partial charge in [0.15, 0.2) is 5.11 Å². The van der Waals surface area contributed by atoms with E-state index in [-0.39, 0.29) is 5.82 Å². The lowest BCUT2D eigenvalue weighted by atomic mass is 10.00. The molecule has 0 saturated carbocycles. The van der Waals surface area contributed by atoms with Crippen LogP contribution in [0.4, 0.5) is 10.1 Å². The Morgan fingerprint density at radius 3 is 2.79 bits per heavy atom. The smallest absolute Gasteiger partial charge is 0.170 e. The summed E-state index contributed by atoms with van der Waals surface area (Å²) in [6.45, 7) is 3.99. The second-order valence-electron chi connectivity index (χ2n) is 6.04. The Balaban J connectivity index is 1.36. The first-order valence-electron chi connectivity index (χ1n) is 8.30. The molecule has 2 aromatic rings. The molecule has 1 aliphatic heterocycles. The van der Waals surface area contributed by atoms with Crippen LogP contribution in [0.25, 0.3) is 0 Å². The summed E-state index contributed by atoms with van der Waals surface area (Å²) in [5, 5.41) is 6.71. The molecule has 0 fully saturated rings. The van der Waals surface area contributed by atoms with Crippen molar-refractivity contribution in [2.45, 2.75) is 19.4 Å². The Hall–Kier alpha value is -1.98. The van der Waals surface area contributed by atoms with Crippen LogP contribution >= 0.6 is 12.2 Å². The molecule has 24 heavy (non-hydrogen) atoms. The Morgan fingerprint density at radius 2 is 1.96 bits per heavy atom. The molecule has 0 unspecified atom stereocenters. The maximum absolute atomic E-state index is 13.1. The van der Waals surface area contributed by atoms with E-state index in [0.29, 0.717) is 10.8 Å². The normalized spacial score (nSPS) is 14.0. The molecule has 1 heterocycles. The minimum Gasteiger partial charge on any atom is -0.362 e. The van der Waals surface area contributed by atoms with Crippen LogP contribution in [0.15, 0.2) is 48.5 Å². The molecule has 0 atom stereocenters. The summed E-state index contributed by atoms with van der Waals surface area (Å²) in [5.41, 5.74) is 3.59. The van der Waals surface area contributed by atoms with Gasteiger partial charge < -0.3 is 10.6 Å².